The lowest BCUT2D eigenvalue weighted by Crippen LogP contribution is -2.22. The third-order valence-corrected chi connectivity index (χ3v) is 4.42. The first kappa shape index (κ1) is 15.0. The van der Waals surface area contributed by atoms with Crippen LogP contribution in [0.4, 0.5) is 10.1 Å². The van der Waals surface area contributed by atoms with Gasteiger partial charge in [-0.3, -0.25) is 4.79 Å². The van der Waals surface area contributed by atoms with Gasteiger partial charge in [-0.25, -0.2) is 9.07 Å². The number of aromatic nitrogens is 2. The van der Waals surface area contributed by atoms with Gasteiger partial charge in [-0.05, 0) is 34.8 Å². The predicted molar refractivity (Wildman–Crippen MR) is 84.7 cm³/mol. The van der Waals surface area contributed by atoms with Crippen molar-refractivity contribution in [1.82, 2.24) is 9.78 Å². The van der Waals surface area contributed by atoms with Crippen molar-refractivity contribution >= 4 is 21.6 Å². The van der Waals surface area contributed by atoms with Gasteiger partial charge in [-0.2, -0.15) is 5.10 Å². The van der Waals surface area contributed by atoms with Gasteiger partial charge in [0.1, 0.15) is 16.0 Å². The normalized spacial score (nSPS) is 17.3. The van der Waals surface area contributed by atoms with Crippen molar-refractivity contribution < 1.29 is 9.13 Å². The summed E-state index contributed by atoms with van der Waals surface area (Å²) in [6, 6.07) is 4.46. The monoisotopic (exact) mass is 367 g/mol. The molecule has 7 heteroatoms. The van der Waals surface area contributed by atoms with Gasteiger partial charge in [0.05, 0.1) is 24.5 Å². The minimum atomic E-state index is -0.323. The van der Waals surface area contributed by atoms with E-state index in [9.17, 15) is 9.18 Å². The lowest BCUT2D eigenvalue weighted by molar-refractivity contribution is 0.315. The van der Waals surface area contributed by atoms with Crippen molar-refractivity contribution in [3.63, 3.8) is 0 Å². The predicted octanol–water partition coefficient (Wildman–Crippen LogP) is 3.01. The lowest BCUT2D eigenvalue weighted by atomic mass is 10.0. The van der Waals surface area contributed by atoms with E-state index in [-0.39, 0.29) is 17.4 Å². The summed E-state index contributed by atoms with van der Waals surface area (Å²) in [5.41, 5.74) is 1.28. The third kappa shape index (κ3) is 2.85. The average Bonchev–Trinajstić information content (AvgIpc) is 2.70. The van der Waals surface area contributed by atoms with Crippen LogP contribution < -0.4 is 15.6 Å². The van der Waals surface area contributed by atoms with E-state index in [2.05, 4.69) is 26.3 Å². The maximum atomic E-state index is 13.4. The highest BCUT2D eigenvalue weighted by atomic mass is 79.9. The highest BCUT2D eigenvalue weighted by molar-refractivity contribution is 9.10. The number of fused-ring (bicyclic) bond motifs is 1. The third-order valence-electron chi connectivity index (χ3n) is 3.65. The van der Waals surface area contributed by atoms with Gasteiger partial charge in [0, 0.05) is 18.7 Å². The minimum Gasteiger partial charge on any atom is -0.493 e. The fourth-order valence-electron chi connectivity index (χ4n) is 2.50. The zero-order valence-electron chi connectivity index (χ0n) is 12.0. The first-order valence-corrected chi connectivity index (χ1v) is 7.76. The second kappa shape index (κ2) is 6.08. The van der Waals surface area contributed by atoms with Crippen LogP contribution in [0.1, 0.15) is 24.4 Å². The van der Waals surface area contributed by atoms with E-state index in [1.165, 1.54) is 16.8 Å². The van der Waals surface area contributed by atoms with E-state index in [1.807, 2.05) is 0 Å². The van der Waals surface area contributed by atoms with Gasteiger partial charge >= 0.3 is 0 Å². The first-order valence-electron chi connectivity index (χ1n) is 6.97. The fraction of sp³-hybridized carbons (Fsp3) is 0.333. The maximum absolute atomic E-state index is 13.4. The van der Waals surface area contributed by atoms with E-state index in [0.29, 0.717) is 22.5 Å². The molecule has 1 unspecified atom stereocenters. The smallest absolute Gasteiger partial charge is 0.282 e. The zero-order valence-corrected chi connectivity index (χ0v) is 13.6. The Labute approximate surface area is 135 Å². The molecule has 1 aromatic carbocycles. The van der Waals surface area contributed by atoms with Gasteiger partial charge < -0.3 is 10.1 Å². The van der Waals surface area contributed by atoms with Gasteiger partial charge in [0.15, 0.2) is 0 Å². The Hall–Kier alpha value is -1.89. The number of aryl methyl sites for hydroxylation is 1. The molecular formula is C15H15BrFN3O2. The largest absolute Gasteiger partial charge is 0.493 e. The summed E-state index contributed by atoms with van der Waals surface area (Å²) in [4.78, 5) is 11.9. The van der Waals surface area contributed by atoms with Crippen LogP contribution in [0.5, 0.6) is 5.75 Å². The summed E-state index contributed by atoms with van der Waals surface area (Å²) in [7, 11) is 1.59. The van der Waals surface area contributed by atoms with E-state index >= 15 is 0 Å². The molecule has 0 bridgehead atoms. The molecule has 0 saturated carbocycles. The molecule has 1 aliphatic heterocycles. The number of rotatable bonds is 2. The van der Waals surface area contributed by atoms with E-state index in [1.54, 1.807) is 19.3 Å². The number of hydrogen-bond donors (Lipinski definition) is 1. The van der Waals surface area contributed by atoms with Crippen molar-refractivity contribution in [3.8, 4) is 5.75 Å². The van der Waals surface area contributed by atoms with Crippen molar-refractivity contribution in [2.75, 3.05) is 11.9 Å². The molecule has 2 aromatic rings. The van der Waals surface area contributed by atoms with E-state index in [4.69, 9.17) is 4.74 Å². The fourth-order valence-corrected chi connectivity index (χ4v) is 2.97. The number of halogens is 2. The van der Waals surface area contributed by atoms with E-state index in [0.717, 1.165) is 18.4 Å². The Morgan fingerprint density at radius 2 is 2.32 bits per heavy atom. The zero-order chi connectivity index (χ0) is 15.7. The van der Waals surface area contributed by atoms with Crippen molar-refractivity contribution in [1.29, 1.82) is 0 Å². The number of benzene rings is 1. The Kier molecular flexibility index (Phi) is 4.15. The highest BCUT2D eigenvalue weighted by Gasteiger charge is 2.21. The molecule has 0 aliphatic carbocycles. The van der Waals surface area contributed by atoms with Crippen LogP contribution in [0.25, 0.3) is 0 Å². The Morgan fingerprint density at radius 3 is 3.14 bits per heavy atom. The molecule has 1 atom stereocenters. The molecule has 2 heterocycles. The first-order chi connectivity index (χ1) is 10.6. The molecule has 1 aromatic heterocycles. The number of ether oxygens (including phenoxy) is 1. The molecule has 1 N–H and O–H groups in total. The molecule has 116 valence electrons. The van der Waals surface area contributed by atoms with Gasteiger partial charge in [-0.1, -0.05) is 6.07 Å². The molecule has 0 saturated heterocycles. The van der Waals surface area contributed by atoms with Crippen LogP contribution in [-0.4, -0.2) is 16.4 Å². The topological polar surface area (TPSA) is 56.1 Å². The second-order valence-electron chi connectivity index (χ2n) is 5.17. The Bertz CT molecular complexity index is 763. The summed E-state index contributed by atoms with van der Waals surface area (Å²) in [5.74, 6) is 0.221. The van der Waals surface area contributed by atoms with Crippen LogP contribution >= 0.6 is 15.9 Å². The molecule has 5 nitrogen and oxygen atoms in total. The van der Waals surface area contributed by atoms with Crippen LogP contribution in [0.3, 0.4) is 0 Å². The maximum Gasteiger partial charge on any atom is 0.282 e. The quantitative estimate of drug-likeness (QED) is 0.886. The second-order valence-corrected chi connectivity index (χ2v) is 5.96. The number of nitrogens with one attached hydrogen (secondary N) is 1. The van der Waals surface area contributed by atoms with Crippen molar-refractivity contribution in [2.45, 2.75) is 18.9 Å². The van der Waals surface area contributed by atoms with Crippen LogP contribution in [0, 0.1) is 5.82 Å². The molecule has 0 radical (unpaired) electrons. The Balaban J connectivity index is 1.96. The molecule has 22 heavy (non-hydrogen) atoms. The molecule has 3 rings (SSSR count). The highest BCUT2D eigenvalue weighted by Crippen LogP contribution is 2.35. The van der Waals surface area contributed by atoms with E-state index < -0.39 is 0 Å². The van der Waals surface area contributed by atoms with Crippen LogP contribution in [0.15, 0.2) is 33.7 Å². The SMILES string of the molecule is Cn1ncc(NC2CCCOc3cc(F)ccc32)c(Br)c1=O. The summed E-state index contributed by atoms with van der Waals surface area (Å²) in [6.07, 6.45) is 3.25. The summed E-state index contributed by atoms with van der Waals surface area (Å²) >= 11 is 3.30. The summed E-state index contributed by atoms with van der Waals surface area (Å²) in [5, 5.41) is 7.33. The van der Waals surface area contributed by atoms with Crippen LogP contribution in [0.2, 0.25) is 0 Å². The molecule has 0 amide bonds. The van der Waals surface area contributed by atoms with Crippen molar-refractivity contribution in [3.05, 3.63) is 50.6 Å². The van der Waals surface area contributed by atoms with Gasteiger partial charge in [0.2, 0.25) is 0 Å². The number of anilines is 1. The Morgan fingerprint density at radius 1 is 1.50 bits per heavy atom. The van der Waals surface area contributed by atoms with Crippen molar-refractivity contribution in [2.24, 2.45) is 7.05 Å². The standard InChI is InChI=1S/C15H15BrFN3O2/c1-20-15(21)14(16)12(8-18-20)19-11-3-2-6-22-13-7-9(17)4-5-10(11)13/h4-5,7-8,11,19H,2-3,6H2,1H3. The molecule has 0 spiro atoms. The lowest BCUT2D eigenvalue weighted by Gasteiger charge is -2.20. The molecular weight excluding hydrogens is 353 g/mol. The summed E-state index contributed by atoms with van der Waals surface area (Å²) < 4.78 is 20.7. The molecule has 0 fully saturated rings. The van der Waals surface area contributed by atoms with Gasteiger partial charge in [0.25, 0.3) is 5.56 Å². The minimum absolute atomic E-state index is 0.0664. The summed E-state index contributed by atoms with van der Waals surface area (Å²) in [6.45, 7) is 0.546. The van der Waals surface area contributed by atoms with Gasteiger partial charge in [-0.15, -0.1) is 0 Å². The number of hydrogen-bond acceptors (Lipinski definition) is 4. The number of nitrogens with zero attached hydrogens (tertiary/aromatic N) is 2. The molecule has 1 aliphatic rings. The average molecular weight is 368 g/mol. The van der Waals surface area contributed by atoms with Crippen LogP contribution in [-0.2, 0) is 7.05 Å².